The number of aliphatic hydroxyl groups excluding tert-OH is 1. The second kappa shape index (κ2) is 5.99. The van der Waals surface area contributed by atoms with Crippen LogP contribution in [0.1, 0.15) is 25.3 Å². The van der Waals surface area contributed by atoms with E-state index in [2.05, 4.69) is 11.4 Å². The Morgan fingerprint density at radius 3 is 2.88 bits per heavy atom. The van der Waals surface area contributed by atoms with Crippen LogP contribution in [0.4, 0.5) is 11.4 Å². The number of benzene rings is 1. The summed E-state index contributed by atoms with van der Waals surface area (Å²) < 4.78 is 0. The zero-order chi connectivity index (χ0) is 12.0. The summed E-state index contributed by atoms with van der Waals surface area (Å²) in [6.07, 6.45) is 1.57. The molecular formula is C12H17N3O. The molecule has 1 rings (SSSR count). The Balaban J connectivity index is 2.82. The van der Waals surface area contributed by atoms with E-state index in [1.807, 2.05) is 6.92 Å². The zero-order valence-electron chi connectivity index (χ0n) is 9.40. The van der Waals surface area contributed by atoms with E-state index in [4.69, 9.17) is 16.1 Å². The minimum absolute atomic E-state index is 0.142. The van der Waals surface area contributed by atoms with Crippen LogP contribution < -0.4 is 11.1 Å². The number of anilines is 2. The smallest absolute Gasteiger partial charge is 0.0992 e. The van der Waals surface area contributed by atoms with Crippen molar-refractivity contribution >= 4 is 11.4 Å². The number of nitrogens with zero attached hydrogens (tertiary/aromatic N) is 1. The standard InChI is InChI=1S/C12H17N3O/c1-2-10(5-6-16)15-12-7-9(8-13)3-4-11(12)14/h3-4,7,10,15-16H,2,5-6,14H2,1H3. The van der Waals surface area contributed by atoms with Crippen LogP contribution in [0, 0.1) is 11.3 Å². The van der Waals surface area contributed by atoms with Crippen LogP contribution >= 0.6 is 0 Å². The monoisotopic (exact) mass is 219 g/mol. The molecule has 0 amide bonds. The van der Waals surface area contributed by atoms with E-state index in [1.54, 1.807) is 18.2 Å². The number of nitrogens with two attached hydrogens (primary N) is 1. The molecule has 0 saturated carbocycles. The summed E-state index contributed by atoms with van der Waals surface area (Å²) in [5.74, 6) is 0. The van der Waals surface area contributed by atoms with Crippen molar-refractivity contribution in [2.75, 3.05) is 17.7 Å². The maximum atomic E-state index is 8.89. The van der Waals surface area contributed by atoms with E-state index in [9.17, 15) is 0 Å². The van der Waals surface area contributed by atoms with Crippen LogP contribution in [0.25, 0.3) is 0 Å². The highest BCUT2D eigenvalue weighted by Gasteiger charge is 2.08. The summed E-state index contributed by atoms with van der Waals surface area (Å²) in [7, 11) is 0. The van der Waals surface area contributed by atoms with Crippen molar-refractivity contribution in [1.29, 1.82) is 5.26 Å². The van der Waals surface area contributed by atoms with Gasteiger partial charge in [-0.25, -0.2) is 0 Å². The average molecular weight is 219 g/mol. The first-order chi connectivity index (χ1) is 7.71. The fraction of sp³-hybridized carbons (Fsp3) is 0.417. The van der Waals surface area contributed by atoms with Gasteiger partial charge in [0.1, 0.15) is 0 Å². The Kier molecular flexibility index (Phi) is 4.62. The molecule has 1 atom stereocenters. The first-order valence-corrected chi connectivity index (χ1v) is 5.38. The molecule has 0 radical (unpaired) electrons. The molecule has 0 aliphatic rings. The second-order valence-electron chi connectivity index (χ2n) is 3.68. The highest BCUT2D eigenvalue weighted by atomic mass is 16.3. The first kappa shape index (κ1) is 12.3. The van der Waals surface area contributed by atoms with Crippen LogP contribution in [-0.4, -0.2) is 17.8 Å². The topological polar surface area (TPSA) is 82.1 Å². The predicted octanol–water partition coefficient (Wildman–Crippen LogP) is 1.71. The molecule has 16 heavy (non-hydrogen) atoms. The van der Waals surface area contributed by atoms with Crippen molar-refractivity contribution in [2.45, 2.75) is 25.8 Å². The largest absolute Gasteiger partial charge is 0.397 e. The van der Waals surface area contributed by atoms with Crippen molar-refractivity contribution < 1.29 is 5.11 Å². The Labute approximate surface area is 95.7 Å². The van der Waals surface area contributed by atoms with Gasteiger partial charge in [0.2, 0.25) is 0 Å². The lowest BCUT2D eigenvalue weighted by Gasteiger charge is -2.18. The Morgan fingerprint density at radius 1 is 1.56 bits per heavy atom. The summed E-state index contributed by atoms with van der Waals surface area (Å²) in [6, 6.07) is 7.39. The van der Waals surface area contributed by atoms with E-state index in [0.29, 0.717) is 17.7 Å². The normalized spacial score (nSPS) is 11.8. The second-order valence-corrected chi connectivity index (χ2v) is 3.68. The number of nitrogen functional groups attached to an aromatic ring is 1. The Morgan fingerprint density at radius 2 is 2.31 bits per heavy atom. The van der Waals surface area contributed by atoms with Gasteiger partial charge in [0.25, 0.3) is 0 Å². The van der Waals surface area contributed by atoms with Gasteiger partial charge in [0, 0.05) is 12.6 Å². The van der Waals surface area contributed by atoms with Crippen LogP contribution in [-0.2, 0) is 0 Å². The molecule has 0 fully saturated rings. The molecule has 0 aliphatic heterocycles. The van der Waals surface area contributed by atoms with Gasteiger partial charge in [-0.3, -0.25) is 0 Å². The highest BCUT2D eigenvalue weighted by molar-refractivity contribution is 5.68. The molecule has 1 aromatic rings. The maximum absolute atomic E-state index is 8.89. The SMILES string of the molecule is CCC(CCO)Nc1cc(C#N)ccc1N. The van der Waals surface area contributed by atoms with Crippen molar-refractivity contribution in [1.82, 2.24) is 0 Å². The third-order valence-corrected chi connectivity index (χ3v) is 2.51. The van der Waals surface area contributed by atoms with Gasteiger partial charge in [-0.1, -0.05) is 6.92 Å². The minimum atomic E-state index is 0.142. The third-order valence-electron chi connectivity index (χ3n) is 2.51. The van der Waals surface area contributed by atoms with Crippen LogP contribution in [0.15, 0.2) is 18.2 Å². The fourth-order valence-corrected chi connectivity index (χ4v) is 1.50. The van der Waals surface area contributed by atoms with Gasteiger partial charge in [-0.05, 0) is 31.0 Å². The Bertz CT molecular complexity index is 384. The molecule has 4 N–H and O–H groups in total. The quantitative estimate of drug-likeness (QED) is 0.658. The van der Waals surface area contributed by atoms with Crippen LogP contribution in [0.3, 0.4) is 0 Å². The van der Waals surface area contributed by atoms with E-state index in [-0.39, 0.29) is 12.6 Å². The first-order valence-electron chi connectivity index (χ1n) is 5.38. The molecule has 0 saturated heterocycles. The van der Waals surface area contributed by atoms with E-state index in [1.165, 1.54) is 0 Å². The lowest BCUT2D eigenvalue weighted by atomic mass is 10.1. The molecule has 0 heterocycles. The number of hydrogen-bond donors (Lipinski definition) is 3. The summed E-state index contributed by atoms with van der Waals surface area (Å²) >= 11 is 0. The molecule has 0 aliphatic carbocycles. The van der Waals surface area contributed by atoms with Gasteiger partial charge in [-0.2, -0.15) is 5.26 Å². The van der Waals surface area contributed by atoms with Gasteiger partial charge in [-0.15, -0.1) is 0 Å². The van der Waals surface area contributed by atoms with Crippen molar-refractivity contribution in [2.24, 2.45) is 0 Å². The number of hydrogen-bond acceptors (Lipinski definition) is 4. The molecule has 0 spiro atoms. The average Bonchev–Trinajstić information content (AvgIpc) is 2.31. The lowest BCUT2D eigenvalue weighted by Crippen LogP contribution is -2.20. The number of rotatable bonds is 5. The lowest BCUT2D eigenvalue weighted by molar-refractivity contribution is 0.278. The van der Waals surface area contributed by atoms with Crippen molar-refractivity contribution in [3.05, 3.63) is 23.8 Å². The molecule has 0 aromatic heterocycles. The molecule has 0 bridgehead atoms. The minimum Gasteiger partial charge on any atom is -0.397 e. The number of aliphatic hydroxyl groups is 1. The summed E-state index contributed by atoms with van der Waals surface area (Å²) in [5, 5.41) is 20.9. The highest BCUT2D eigenvalue weighted by Crippen LogP contribution is 2.21. The number of nitriles is 1. The van der Waals surface area contributed by atoms with Crippen LogP contribution in [0.2, 0.25) is 0 Å². The zero-order valence-corrected chi connectivity index (χ0v) is 9.40. The molecule has 86 valence electrons. The van der Waals surface area contributed by atoms with Crippen molar-refractivity contribution in [3.63, 3.8) is 0 Å². The van der Waals surface area contributed by atoms with E-state index >= 15 is 0 Å². The van der Waals surface area contributed by atoms with Crippen molar-refractivity contribution in [3.8, 4) is 6.07 Å². The molecule has 4 heteroatoms. The maximum Gasteiger partial charge on any atom is 0.0992 e. The van der Waals surface area contributed by atoms with Gasteiger partial charge in [0.15, 0.2) is 0 Å². The van der Waals surface area contributed by atoms with E-state index in [0.717, 1.165) is 12.1 Å². The molecular weight excluding hydrogens is 202 g/mol. The predicted molar refractivity (Wildman–Crippen MR) is 65.0 cm³/mol. The Hall–Kier alpha value is -1.73. The van der Waals surface area contributed by atoms with Gasteiger partial charge in [0.05, 0.1) is 23.0 Å². The summed E-state index contributed by atoms with van der Waals surface area (Å²) in [6.45, 7) is 2.18. The van der Waals surface area contributed by atoms with E-state index < -0.39 is 0 Å². The summed E-state index contributed by atoms with van der Waals surface area (Å²) in [4.78, 5) is 0. The van der Waals surface area contributed by atoms with Gasteiger partial charge < -0.3 is 16.2 Å². The molecule has 1 unspecified atom stereocenters. The number of nitrogens with one attached hydrogen (secondary N) is 1. The van der Waals surface area contributed by atoms with Gasteiger partial charge >= 0.3 is 0 Å². The molecule has 4 nitrogen and oxygen atoms in total. The third kappa shape index (κ3) is 3.14. The summed E-state index contributed by atoms with van der Waals surface area (Å²) in [5.41, 5.74) is 7.77. The van der Waals surface area contributed by atoms with Crippen LogP contribution in [0.5, 0.6) is 0 Å². The fourth-order valence-electron chi connectivity index (χ4n) is 1.50. The molecule has 1 aromatic carbocycles.